The maximum absolute atomic E-state index is 13.0. The van der Waals surface area contributed by atoms with Crippen LogP contribution in [0, 0.1) is 0 Å². The zero-order chi connectivity index (χ0) is 24.0. The standard InChI is InChI=1S/C23H30N2O6S2/c1-16(15-30-2)24-33(28,29)23-21(22(27)31-3)18-12-13-25(14-19(18)32-23)20(26)11-7-10-17-8-5-4-6-9-17/h4-6,8-9,16,24H,7,10-15H2,1-3H3. The molecule has 0 bridgehead atoms. The second-order valence-electron chi connectivity index (χ2n) is 8.04. The second kappa shape index (κ2) is 11.2. The largest absolute Gasteiger partial charge is 0.465 e. The van der Waals surface area contributed by atoms with Gasteiger partial charge in [-0.1, -0.05) is 30.3 Å². The summed E-state index contributed by atoms with van der Waals surface area (Å²) in [6.07, 6.45) is 2.39. The van der Waals surface area contributed by atoms with Crippen molar-refractivity contribution < 1.29 is 27.5 Å². The lowest BCUT2D eigenvalue weighted by Crippen LogP contribution is -2.36. The van der Waals surface area contributed by atoms with Gasteiger partial charge in [-0.25, -0.2) is 17.9 Å². The third-order valence-corrected chi connectivity index (χ3v) is 8.81. The topological polar surface area (TPSA) is 102 Å². The Hall–Kier alpha value is -2.27. The van der Waals surface area contributed by atoms with Crippen LogP contribution in [0.2, 0.25) is 0 Å². The van der Waals surface area contributed by atoms with E-state index in [1.807, 2.05) is 30.3 Å². The number of aryl methyl sites for hydroxylation is 1. The summed E-state index contributed by atoms with van der Waals surface area (Å²) in [4.78, 5) is 27.7. The van der Waals surface area contributed by atoms with E-state index in [2.05, 4.69) is 4.72 Å². The molecule has 33 heavy (non-hydrogen) atoms. The zero-order valence-electron chi connectivity index (χ0n) is 19.1. The van der Waals surface area contributed by atoms with Crippen molar-refractivity contribution in [1.29, 1.82) is 0 Å². The third-order valence-electron chi connectivity index (χ3n) is 5.48. The highest BCUT2D eigenvalue weighted by Crippen LogP contribution is 2.37. The molecular formula is C23H30N2O6S2. The van der Waals surface area contributed by atoms with Crippen molar-refractivity contribution in [1.82, 2.24) is 9.62 Å². The summed E-state index contributed by atoms with van der Waals surface area (Å²) < 4.78 is 38.4. The number of hydrogen-bond donors (Lipinski definition) is 1. The maximum Gasteiger partial charge on any atom is 0.340 e. The number of hydrogen-bond acceptors (Lipinski definition) is 7. The molecule has 1 aliphatic rings. The molecule has 0 saturated heterocycles. The number of benzene rings is 1. The highest BCUT2D eigenvalue weighted by atomic mass is 32.2. The Morgan fingerprint density at radius 1 is 1.21 bits per heavy atom. The van der Waals surface area contributed by atoms with Crippen LogP contribution in [0.1, 0.15) is 46.1 Å². The van der Waals surface area contributed by atoms with Gasteiger partial charge in [0.2, 0.25) is 5.91 Å². The lowest BCUT2D eigenvalue weighted by Gasteiger charge is -2.27. The molecule has 2 aromatic rings. The van der Waals surface area contributed by atoms with Gasteiger partial charge in [0.05, 0.1) is 25.8 Å². The number of methoxy groups -OCH3 is 2. The molecule has 1 aliphatic heterocycles. The number of amides is 1. The number of nitrogens with zero attached hydrogens (tertiary/aromatic N) is 1. The number of carbonyl (C=O) groups excluding carboxylic acids is 2. The van der Waals surface area contributed by atoms with Crippen molar-refractivity contribution in [2.24, 2.45) is 0 Å². The van der Waals surface area contributed by atoms with Gasteiger partial charge in [-0.3, -0.25) is 4.79 Å². The Labute approximate surface area is 198 Å². The molecule has 0 radical (unpaired) electrons. The van der Waals surface area contributed by atoms with Crippen molar-refractivity contribution in [3.05, 3.63) is 51.9 Å². The predicted molar refractivity (Wildman–Crippen MR) is 126 cm³/mol. The molecule has 1 amide bonds. The molecule has 0 spiro atoms. The lowest BCUT2D eigenvalue weighted by atomic mass is 10.0. The summed E-state index contributed by atoms with van der Waals surface area (Å²) in [5.74, 6) is -0.657. The van der Waals surface area contributed by atoms with E-state index < -0.39 is 22.0 Å². The minimum Gasteiger partial charge on any atom is -0.465 e. The van der Waals surface area contributed by atoms with Crippen molar-refractivity contribution >= 4 is 33.2 Å². The van der Waals surface area contributed by atoms with Crippen LogP contribution in [0.3, 0.4) is 0 Å². The summed E-state index contributed by atoms with van der Waals surface area (Å²) in [6, 6.07) is 9.55. The van der Waals surface area contributed by atoms with Crippen LogP contribution in [-0.4, -0.2) is 58.6 Å². The van der Waals surface area contributed by atoms with E-state index in [1.165, 1.54) is 19.8 Å². The van der Waals surface area contributed by atoms with Gasteiger partial charge < -0.3 is 14.4 Å². The van der Waals surface area contributed by atoms with E-state index in [1.54, 1.807) is 11.8 Å². The minimum absolute atomic E-state index is 0.0286. The van der Waals surface area contributed by atoms with Crippen molar-refractivity contribution in [2.75, 3.05) is 27.4 Å². The Kier molecular flexibility index (Phi) is 8.63. The first-order valence-corrected chi connectivity index (χ1v) is 13.1. The lowest BCUT2D eigenvalue weighted by molar-refractivity contribution is -0.132. The fraction of sp³-hybridized carbons (Fsp3) is 0.478. The van der Waals surface area contributed by atoms with Crippen LogP contribution >= 0.6 is 11.3 Å². The predicted octanol–water partition coefficient (Wildman–Crippen LogP) is 2.76. The molecule has 180 valence electrons. The Morgan fingerprint density at radius 3 is 2.61 bits per heavy atom. The number of ether oxygens (including phenoxy) is 2. The highest BCUT2D eigenvalue weighted by Gasteiger charge is 2.35. The van der Waals surface area contributed by atoms with E-state index in [9.17, 15) is 18.0 Å². The fourth-order valence-corrected chi connectivity index (χ4v) is 7.08. The monoisotopic (exact) mass is 494 g/mol. The molecule has 1 atom stereocenters. The molecule has 1 N–H and O–H groups in total. The minimum atomic E-state index is -3.96. The van der Waals surface area contributed by atoms with Gasteiger partial charge in [-0.2, -0.15) is 0 Å². The zero-order valence-corrected chi connectivity index (χ0v) is 20.8. The average molecular weight is 495 g/mol. The molecule has 1 unspecified atom stereocenters. The first-order valence-electron chi connectivity index (χ1n) is 10.8. The van der Waals surface area contributed by atoms with Crippen LogP contribution in [0.5, 0.6) is 0 Å². The van der Waals surface area contributed by atoms with Crippen LogP contribution in [0.25, 0.3) is 0 Å². The van der Waals surface area contributed by atoms with Crippen LogP contribution in [0.15, 0.2) is 34.5 Å². The summed E-state index contributed by atoms with van der Waals surface area (Å²) in [7, 11) is -1.24. The molecule has 8 nitrogen and oxygen atoms in total. The van der Waals surface area contributed by atoms with E-state index in [0.29, 0.717) is 29.8 Å². The average Bonchev–Trinajstić information content (AvgIpc) is 3.19. The van der Waals surface area contributed by atoms with Crippen LogP contribution < -0.4 is 4.72 Å². The number of thiophene rings is 1. The van der Waals surface area contributed by atoms with Gasteiger partial charge >= 0.3 is 5.97 Å². The summed E-state index contributed by atoms with van der Waals surface area (Å²) in [5.41, 5.74) is 1.92. The Balaban J connectivity index is 1.75. The summed E-state index contributed by atoms with van der Waals surface area (Å²) in [5, 5.41) is 0. The van der Waals surface area contributed by atoms with Gasteiger partial charge in [0.15, 0.2) is 0 Å². The van der Waals surface area contributed by atoms with E-state index in [-0.39, 0.29) is 28.8 Å². The molecular weight excluding hydrogens is 464 g/mol. The molecule has 2 heterocycles. The Bertz CT molecular complexity index is 1080. The van der Waals surface area contributed by atoms with Crippen LogP contribution in [-0.2, 0) is 43.7 Å². The highest BCUT2D eigenvalue weighted by molar-refractivity contribution is 7.91. The second-order valence-corrected chi connectivity index (χ2v) is 11.1. The number of fused-ring (bicyclic) bond motifs is 1. The molecule has 1 aromatic carbocycles. The number of esters is 1. The van der Waals surface area contributed by atoms with Gasteiger partial charge in [0.1, 0.15) is 4.21 Å². The van der Waals surface area contributed by atoms with Crippen molar-refractivity contribution in [3.63, 3.8) is 0 Å². The number of nitrogens with one attached hydrogen (secondary N) is 1. The third kappa shape index (κ3) is 6.20. The first kappa shape index (κ1) is 25.4. The van der Waals surface area contributed by atoms with Gasteiger partial charge in [-0.05, 0) is 37.3 Å². The smallest absolute Gasteiger partial charge is 0.340 e. The molecule has 0 fully saturated rings. The number of carbonyl (C=O) groups is 2. The molecule has 10 heteroatoms. The van der Waals surface area contributed by atoms with Crippen molar-refractivity contribution in [2.45, 2.75) is 49.4 Å². The molecule has 0 aliphatic carbocycles. The maximum atomic E-state index is 13.0. The number of sulfonamides is 1. The van der Waals surface area contributed by atoms with Gasteiger partial charge in [0, 0.05) is 31.0 Å². The number of rotatable bonds is 10. The Morgan fingerprint density at radius 2 is 1.94 bits per heavy atom. The van der Waals surface area contributed by atoms with E-state index in [4.69, 9.17) is 9.47 Å². The SMILES string of the molecule is COCC(C)NS(=O)(=O)c1sc2c(c1C(=O)OC)CCN(C(=O)CCCc1ccccc1)C2. The van der Waals surface area contributed by atoms with Crippen LogP contribution in [0.4, 0.5) is 0 Å². The summed E-state index contributed by atoms with van der Waals surface area (Å²) >= 11 is 1.03. The van der Waals surface area contributed by atoms with Gasteiger partial charge in [-0.15, -0.1) is 11.3 Å². The van der Waals surface area contributed by atoms with E-state index in [0.717, 1.165) is 24.2 Å². The summed E-state index contributed by atoms with van der Waals surface area (Å²) in [6.45, 7) is 2.60. The fourth-order valence-electron chi connectivity index (χ4n) is 3.94. The molecule has 1 aromatic heterocycles. The van der Waals surface area contributed by atoms with E-state index >= 15 is 0 Å². The van der Waals surface area contributed by atoms with Crippen molar-refractivity contribution in [3.8, 4) is 0 Å². The first-order chi connectivity index (χ1) is 15.8. The molecule has 0 saturated carbocycles. The normalized spacial score (nSPS) is 14.6. The van der Waals surface area contributed by atoms with Gasteiger partial charge in [0.25, 0.3) is 10.0 Å². The molecule has 3 rings (SSSR count). The quantitative estimate of drug-likeness (QED) is 0.510.